The van der Waals surface area contributed by atoms with Gasteiger partial charge in [0.1, 0.15) is 5.78 Å². The van der Waals surface area contributed by atoms with E-state index >= 15 is 0 Å². The number of carbonyl (C=O) groups is 2. The lowest BCUT2D eigenvalue weighted by atomic mass is 9.68. The third-order valence-electron chi connectivity index (χ3n) is 5.43. The first kappa shape index (κ1) is 12.5. The van der Waals surface area contributed by atoms with E-state index in [-0.39, 0.29) is 21.2 Å². The predicted octanol–water partition coefficient (Wildman–Crippen LogP) is 3.07. The number of ketones is 2. The van der Waals surface area contributed by atoms with Crippen molar-refractivity contribution in [3.63, 3.8) is 0 Å². The largest absolute Gasteiger partial charge is 0.299 e. The average Bonchev–Trinajstić information content (AvgIpc) is 2.86. The van der Waals surface area contributed by atoms with Crippen LogP contribution >= 0.6 is 23.5 Å². The molecule has 1 saturated heterocycles. The zero-order valence-electron chi connectivity index (χ0n) is 10.9. The Morgan fingerprint density at radius 3 is 2.79 bits per heavy atom. The van der Waals surface area contributed by atoms with Crippen molar-refractivity contribution in [1.82, 2.24) is 0 Å². The number of Topliss-reactive ketones (excluding diaryl/α,β-unsaturated/α-hetero) is 1. The van der Waals surface area contributed by atoms with Crippen LogP contribution in [0.4, 0.5) is 0 Å². The molecule has 19 heavy (non-hydrogen) atoms. The fourth-order valence-corrected chi connectivity index (χ4v) is 8.66. The second kappa shape index (κ2) is 4.14. The van der Waals surface area contributed by atoms with Crippen molar-refractivity contribution in [3.05, 3.63) is 12.2 Å². The van der Waals surface area contributed by atoms with Crippen molar-refractivity contribution in [2.24, 2.45) is 17.3 Å². The van der Waals surface area contributed by atoms with Gasteiger partial charge in [-0.05, 0) is 48.7 Å². The molecule has 0 unspecified atom stereocenters. The molecule has 3 fully saturated rings. The highest BCUT2D eigenvalue weighted by Gasteiger charge is 2.67. The molecule has 2 saturated carbocycles. The number of hydrogen-bond acceptors (Lipinski definition) is 4. The first-order chi connectivity index (χ1) is 9.17. The number of hydrogen-bond donors (Lipinski definition) is 0. The van der Waals surface area contributed by atoms with E-state index in [0.717, 1.165) is 19.3 Å². The van der Waals surface area contributed by atoms with Gasteiger partial charge in [0.15, 0.2) is 5.78 Å². The monoisotopic (exact) mass is 294 g/mol. The molecule has 2 spiro atoms. The zero-order valence-corrected chi connectivity index (χ0v) is 12.5. The molecule has 4 rings (SSSR count). The molecule has 1 aliphatic heterocycles. The molecule has 0 amide bonds. The van der Waals surface area contributed by atoms with Crippen LogP contribution in [0.15, 0.2) is 12.2 Å². The van der Waals surface area contributed by atoms with Crippen molar-refractivity contribution in [1.29, 1.82) is 0 Å². The molecule has 0 aromatic carbocycles. The summed E-state index contributed by atoms with van der Waals surface area (Å²) in [6.45, 7) is 0. The molecule has 0 aromatic rings. The molecule has 0 bridgehead atoms. The van der Waals surface area contributed by atoms with Gasteiger partial charge in [-0.2, -0.15) is 0 Å². The van der Waals surface area contributed by atoms with Gasteiger partial charge < -0.3 is 0 Å². The number of carbonyl (C=O) groups excluding carboxylic acids is 2. The first-order valence-corrected chi connectivity index (χ1v) is 9.18. The minimum Gasteiger partial charge on any atom is -0.299 e. The standard InChI is InChI=1S/C15H18O2S2/c16-11-4-5-14-10(8-11)9-15(18-6-1-7-19-15)12(14)2-3-13(14)17/h4-5,10,12H,1-3,6-9H2/t10-,12+,14+/m0/s1. The zero-order chi connectivity index (χ0) is 13.1. The SMILES string of the molecule is O=C1C=C[C@]23C(=O)CC[C@H]2C2(C[C@@H]3C1)SCCCS2. The Labute approximate surface area is 122 Å². The number of thioether (sulfide) groups is 2. The highest BCUT2D eigenvalue weighted by atomic mass is 32.2. The van der Waals surface area contributed by atoms with Crippen molar-refractivity contribution < 1.29 is 9.59 Å². The summed E-state index contributed by atoms with van der Waals surface area (Å²) >= 11 is 4.16. The lowest BCUT2D eigenvalue weighted by Crippen LogP contribution is -2.39. The topological polar surface area (TPSA) is 34.1 Å². The molecule has 3 aliphatic carbocycles. The Balaban J connectivity index is 1.81. The maximum Gasteiger partial charge on any atom is 0.155 e. The van der Waals surface area contributed by atoms with Crippen molar-refractivity contribution >= 4 is 35.1 Å². The Morgan fingerprint density at radius 2 is 2.00 bits per heavy atom. The smallest absolute Gasteiger partial charge is 0.155 e. The van der Waals surface area contributed by atoms with Gasteiger partial charge in [0.05, 0.1) is 9.49 Å². The van der Waals surface area contributed by atoms with Crippen LogP contribution in [-0.2, 0) is 9.59 Å². The van der Waals surface area contributed by atoms with E-state index in [9.17, 15) is 9.59 Å². The summed E-state index contributed by atoms with van der Waals surface area (Å²) in [5, 5.41) is 0. The first-order valence-electron chi connectivity index (χ1n) is 7.21. The van der Waals surface area contributed by atoms with Crippen LogP contribution in [0.25, 0.3) is 0 Å². The van der Waals surface area contributed by atoms with Gasteiger partial charge in [-0.15, -0.1) is 23.5 Å². The van der Waals surface area contributed by atoms with Crippen molar-refractivity contribution in [2.75, 3.05) is 11.5 Å². The third kappa shape index (κ3) is 1.53. The second-order valence-electron chi connectivity index (χ2n) is 6.21. The molecule has 0 radical (unpaired) electrons. The number of rotatable bonds is 0. The predicted molar refractivity (Wildman–Crippen MR) is 79.3 cm³/mol. The minimum absolute atomic E-state index is 0.219. The summed E-state index contributed by atoms with van der Waals surface area (Å²) in [5.41, 5.74) is -0.273. The van der Waals surface area contributed by atoms with E-state index in [4.69, 9.17) is 0 Å². The van der Waals surface area contributed by atoms with Gasteiger partial charge in [-0.3, -0.25) is 9.59 Å². The second-order valence-corrected chi connectivity index (χ2v) is 9.32. The van der Waals surface area contributed by atoms with Gasteiger partial charge in [-0.25, -0.2) is 0 Å². The lowest BCUT2D eigenvalue weighted by Gasteiger charge is -2.39. The maximum absolute atomic E-state index is 12.6. The Kier molecular flexibility index (Phi) is 2.73. The summed E-state index contributed by atoms with van der Waals surface area (Å²) in [5.74, 6) is 3.82. The Bertz CT molecular complexity index is 479. The maximum atomic E-state index is 12.6. The van der Waals surface area contributed by atoms with Crippen LogP contribution in [0.3, 0.4) is 0 Å². The molecule has 4 aliphatic rings. The quantitative estimate of drug-likeness (QED) is 0.687. The molecular weight excluding hydrogens is 276 g/mol. The summed E-state index contributed by atoms with van der Waals surface area (Å²) in [6.07, 6.45) is 8.41. The minimum atomic E-state index is -0.273. The van der Waals surface area contributed by atoms with Gasteiger partial charge in [0.25, 0.3) is 0 Å². The van der Waals surface area contributed by atoms with E-state index in [1.54, 1.807) is 6.08 Å². The lowest BCUT2D eigenvalue weighted by molar-refractivity contribution is -0.127. The van der Waals surface area contributed by atoms with Gasteiger partial charge >= 0.3 is 0 Å². The van der Waals surface area contributed by atoms with Crippen LogP contribution in [0.2, 0.25) is 0 Å². The fraction of sp³-hybridized carbons (Fsp3) is 0.733. The van der Waals surface area contributed by atoms with E-state index < -0.39 is 0 Å². The molecule has 4 heteroatoms. The van der Waals surface area contributed by atoms with Gasteiger partial charge in [0, 0.05) is 12.8 Å². The number of fused-ring (bicyclic) bond motifs is 1. The normalized spacial score (nSPS) is 43.6. The Morgan fingerprint density at radius 1 is 1.21 bits per heavy atom. The highest BCUT2D eigenvalue weighted by Crippen LogP contribution is 2.70. The summed E-state index contributed by atoms with van der Waals surface area (Å²) in [6, 6.07) is 0. The van der Waals surface area contributed by atoms with Crippen LogP contribution in [-0.4, -0.2) is 27.2 Å². The number of allylic oxidation sites excluding steroid dienone is 2. The summed E-state index contributed by atoms with van der Waals surface area (Å²) in [7, 11) is 0. The van der Waals surface area contributed by atoms with Gasteiger partial charge in [-0.1, -0.05) is 6.08 Å². The van der Waals surface area contributed by atoms with Crippen LogP contribution < -0.4 is 0 Å². The molecule has 0 N–H and O–H groups in total. The van der Waals surface area contributed by atoms with Crippen LogP contribution in [0, 0.1) is 17.3 Å². The van der Waals surface area contributed by atoms with E-state index in [1.807, 2.05) is 6.08 Å². The van der Waals surface area contributed by atoms with E-state index in [2.05, 4.69) is 23.5 Å². The third-order valence-corrected chi connectivity index (χ3v) is 9.00. The Hall–Kier alpha value is -0.220. The molecule has 3 atom stereocenters. The van der Waals surface area contributed by atoms with E-state index in [1.165, 1.54) is 17.9 Å². The summed E-state index contributed by atoms with van der Waals surface area (Å²) in [4.78, 5) is 24.3. The molecule has 102 valence electrons. The highest BCUT2D eigenvalue weighted by molar-refractivity contribution is 8.18. The summed E-state index contributed by atoms with van der Waals surface area (Å²) < 4.78 is 0.226. The fourth-order valence-electron chi connectivity index (χ4n) is 4.71. The molecule has 1 heterocycles. The molecule has 2 nitrogen and oxygen atoms in total. The van der Waals surface area contributed by atoms with E-state index in [0.29, 0.717) is 18.1 Å². The van der Waals surface area contributed by atoms with Crippen LogP contribution in [0.5, 0.6) is 0 Å². The van der Waals surface area contributed by atoms with Crippen LogP contribution in [0.1, 0.15) is 32.1 Å². The molecular formula is C15H18O2S2. The van der Waals surface area contributed by atoms with Crippen molar-refractivity contribution in [2.45, 2.75) is 36.2 Å². The average molecular weight is 294 g/mol. The van der Waals surface area contributed by atoms with Crippen molar-refractivity contribution in [3.8, 4) is 0 Å². The van der Waals surface area contributed by atoms with Gasteiger partial charge in [0.2, 0.25) is 0 Å². The molecule has 0 aromatic heterocycles.